The van der Waals surface area contributed by atoms with Gasteiger partial charge in [-0.1, -0.05) is 13.8 Å². The number of nitriles is 1. The Kier molecular flexibility index (Phi) is 3.91. The van der Waals surface area contributed by atoms with Gasteiger partial charge in [0.25, 0.3) is 0 Å². The summed E-state index contributed by atoms with van der Waals surface area (Å²) in [7, 11) is 0. The van der Waals surface area contributed by atoms with Crippen molar-refractivity contribution in [3.8, 4) is 6.07 Å². The first-order valence-electron chi connectivity index (χ1n) is 5.31. The van der Waals surface area contributed by atoms with Gasteiger partial charge in [0.15, 0.2) is 0 Å². The number of rotatable bonds is 4. The maximum Gasteiger partial charge on any atom is 0.0679 e. The molecule has 1 fully saturated rings. The minimum Gasteiger partial charge on any atom is -0.392 e. The van der Waals surface area contributed by atoms with Gasteiger partial charge in [-0.05, 0) is 18.3 Å². The van der Waals surface area contributed by atoms with E-state index in [0.717, 1.165) is 32.5 Å². The summed E-state index contributed by atoms with van der Waals surface area (Å²) in [5.41, 5.74) is 0.194. The highest BCUT2D eigenvalue weighted by molar-refractivity contribution is 4.83. The zero-order valence-electron chi connectivity index (χ0n) is 9.16. The van der Waals surface area contributed by atoms with Crippen LogP contribution >= 0.6 is 0 Å². The number of likely N-dealkylation sites (tertiary alicyclic amines) is 1. The van der Waals surface area contributed by atoms with Crippen LogP contribution in [0.15, 0.2) is 0 Å². The van der Waals surface area contributed by atoms with Crippen molar-refractivity contribution in [1.29, 1.82) is 5.26 Å². The Bertz CT molecular complexity index is 220. The molecule has 3 nitrogen and oxygen atoms in total. The molecule has 0 spiro atoms. The predicted octanol–water partition coefficient (Wildman–Crippen LogP) is 1.38. The Balaban J connectivity index is 2.31. The van der Waals surface area contributed by atoms with Gasteiger partial charge in [0.2, 0.25) is 0 Å². The second kappa shape index (κ2) is 4.77. The van der Waals surface area contributed by atoms with Gasteiger partial charge >= 0.3 is 0 Å². The van der Waals surface area contributed by atoms with E-state index in [-0.39, 0.29) is 11.5 Å². The lowest BCUT2D eigenvalue weighted by atomic mass is 9.87. The fraction of sp³-hybridized carbons (Fsp3) is 0.909. The largest absolute Gasteiger partial charge is 0.392 e. The minimum atomic E-state index is -0.137. The van der Waals surface area contributed by atoms with Gasteiger partial charge in [-0.3, -0.25) is 0 Å². The third-order valence-electron chi connectivity index (χ3n) is 2.81. The molecular weight excluding hydrogens is 176 g/mol. The third-order valence-corrected chi connectivity index (χ3v) is 2.81. The van der Waals surface area contributed by atoms with Gasteiger partial charge in [0, 0.05) is 26.1 Å². The van der Waals surface area contributed by atoms with Crippen LogP contribution in [-0.2, 0) is 0 Å². The average Bonchev–Trinajstić information content (AvgIpc) is 2.47. The summed E-state index contributed by atoms with van der Waals surface area (Å²) in [6.45, 7) is 7.17. The van der Waals surface area contributed by atoms with Crippen LogP contribution < -0.4 is 0 Å². The smallest absolute Gasteiger partial charge is 0.0679 e. The highest BCUT2D eigenvalue weighted by atomic mass is 16.3. The molecule has 14 heavy (non-hydrogen) atoms. The molecule has 1 rings (SSSR count). The lowest BCUT2D eigenvalue weighted by Gasteiger charge is -2.29. The number of aliphatic hydroxyl groups is 1. The van der Waals surface area contributed by atoms with Gasteiger partial charge in [0.1, 0.15) is 0 Å². The van der Waals surface area contributed by atoms with Crippen molar-refractivity contribution in [1.82, 2.24) is 4.90 Å². The first-order chi connectivity index (χ1) is 6.53. The molecule has 0 aliphatic carbocycles. The Morgan fingerprint density at radius 3 is 2.79 bits per heavy atom. The number of hydrogen-bond acceptors (Lipinski definition) is 3. The molecule has 1 heterocycles. The van der Waals surface area contributed by atoms with Crippen molar-refractivity contribution in [3.05, 3.63) is 0 Å². The van der Waals surface area contributed by atoms with Crippen LogP contribution in [0.4, 0.5) is 0 Å². The SMILES string of the molecule is CC(C)(CCC#N)CN1CC[C@@H](O)C1. The molecule has 1 aliphatic heterocycles. The molecule has 0 bridgehead atoms. The van der Waals surface area contributed by atoms with Crippen LogP contribution in [-0.4, -0.2) is 35.7 Å². The standard InChI is InChI=1S/C11H20N2O/c1-11(2,5-3-6-12)9-13-7-4-10(14)8-13/h10,14H,3-5,7-9H2,1-2H3/t10-/m1/s1. The molecule has 0 aromatic heterocycles. The molecule has 1 saturated heterocycles. The number of nitrogens with zero attached hydrogens (tertiary/aromatic N) is 2. The predicted molar refractivity (Wildman–Crippen MR) is 55.7 cm³/mol. The molecule has 80 valence electrons. The van der Waals surface area contributed by atoms with Crippen LogP contribution in [0.5, 0.6) is 0 Å². The lowest BCUT2D eigenvalue weighted by Crippen LogP contribution is -2.33. The molecule has 0 unspecified atom stereocenters. The average molecular weight is 196 g/mol. The fourth-order valence-electron chi connectivity index (χ4n) is 2.03. The van der Waals surface area contributed by atoms with E-state index in [1.54, 1.807) is 0 Å². The van der Waals surface area contributed by atoms with Crippen LogP contribution in [0.2, 0.25) is 0 Å². The van der Waals surface area contributed by atoms with Gasteiger partial charge in [0.05, 0.1) is 12.2 Å². The van der Waals surface area contributed by atoms with E-state index in [1.165, 1.54) is 0 Å². The second-order valence-electron chi connectivity index (χ2n) is 5.00. The molecule has 3 heteroatoms. The number of hydrogen-bond donors (Lipinski definition) is 1. The summed E-state index contributed by atoms with van der Waals surface area (Å²) < 4.78 is 0. The summed E-state index contributed by atoms with van der Waals surface area (Å²) >= 11 is 0. The highest BCUT2D eigenvalue weighted by Crippen LogP contribution is 2.25. The Morgan fingerprint density at radius 1 is 1.57 bits per heavy atom. The van der Waals surface area contributed by atoms with E-state index in [1.807, 2.05) is 0 Å². The molecular formula is C11H20N2O. The molecule has 0 amide bonds. The molecule has 1 N–H and O–H groups in total. The van der Waals surface area contributed by atoms with Crippen molar-refractivity contribution in [2.45, 2.75) is 39.2 Å². The Labute approximate surface area is 86.3 Å². The van der Waals surface area contributed by atoms with Crippen molar-refractivity contribution in [3.63, 3.8) is 0 Å². The van der Waals surface area contributed by atoms with Gasteiger partial charge in [-0.15, -0.1) is 0 Å². The molecule has 1 aliphatic rings. The lowest BCUT2D eigenvalue weighted by molar-refractivity contribution is 0.151. The monoisotopic (exact) mass is 196 g/mol. The summed E-state index contributed by atoms with van der Waals surface area (Å²) in [5, 5.41) is 17.9. The van der Waals surface area contributed by atoms with Crippen molar-refractivity contribution >= 4 is 0 Å². The molecule has 1 atom stereocenters. The van der Waals surface area contributed by atoms with Crippen molar-refractivity contribution in [2.75, 3.05) is 19.6 Å². The summed E-state index contributed by atoms with van der Waals surface area (Å²) in [6.07, 6.45) is 2.33. The van der Waals surface area contributed by atoms with Crippen molar-refractivity contribution in [2.24, 2.45) is 5.41 Å². The van der Waals surface area contributed by atoms with E-state index in [9.17, 15) is 5.11 Å². The highest BCUT2D eigenvalue weighted by Gasteiger charge is 2.26. The third kappa shape index (κ3) is 3.65. The zero-order chi connectivity index (χ0) is 10.6. The van der Waals surface area contributed by atoms with Gasteiger partial charge in [-0.25, -0.2) is 0 Å². The maximum absolute atomic E-state index is 9.38. The van der Waals surface area contributed by atoms with Gasteiger partial charge in [-0.2, -0.15) is 5.26 Å². The van der Waals surface area contributed by atoms with E-state index in [4.69, 9.17) is 5.26 Å². The zero-order valence-corrected chi connectivity index (χ0v) is 9.16. The van der Waals surface area contributed by atoms with E-state index in [0.29, 0.717) is 6.42 Å². The van der Waals surface area contributed by atoms with Gasteiger partial charge < -0.3 is 10.0 Å². The van der Waals surface area contributed by atoms with E-state index < -0.39 is 0 Å². The number of aliphatic hydroxyl groups excluding tert-OH is 1. The number of β-amino-alcohol motifs (C(OH)–C–C–N with tert-alkyl or cyclic N) is 1. The first-order valence-corrected chi connectivity index (χ1v) is 5.31. The molecule has 0 aromatic carbocycles. The van der Waals surface area contributed by atoms with E-state index >= 15 is 0 Å². The van der Waals surface area contributed by atoms with Crippen LogP contribution in [0.1, 0.15) is 33.1 Å². The second-order valence-corrected chi connectivity index (χ2v) is 5.00. The molecule has 0 aromatic rings. The summed E-state index contributed by atoms with van der Waals surface area (Å²) in [4.78, 5) is 2.29. The first kappa shape index (κ1) is 11.5. The minimum absolute atomic E-state index is 0.137. The molecule has 0 saturated carbocycles. The van der Waals surface area contributed by atoms with Crippen LogP contribution in [0, 0.1) is 16.7 Å². The van der Waals surface area contributed by atoms with Crippen molar-refractivity contribution < 1.29 is 5.11 Å². The van der Waals surface area contributed by atoms with Crippen LogP contribution in [0.3, 0.4) is 0 Å². The normalized spacial score (nSPS) is 23.7. The maximum atomic E-state index is 9.38. The van der Waals surface area contributed by atoms with E-state index in [2.05, 4.69) is 24.8 Å². The Morgan fingerprint density at radius 2 is 2.29 bits per heavy atom. The van der Waals surface area contributed by atoms with Crippen LogP contribution in [0.25, 0.3) is 0 Å². The quantitative estimate of drug-likeness (QED) is 0.739. The summed E-state index contributed by atoms with van der Waals surface area (Å²) in [6, 6.07) is 2.19. The topological polar surface area (TPSA) is 47.3 Å². The Hall–Kier alpha value is -0.590. The summed E-state index contributed by atoms with van der Waals surface area (Å²) in [5.74, 6) is 0. The molecule has 0 radical (unpaired) electrons. The fourth-order valence-corrected chi connectivity index (χ4v) is 2.03.